The van der Waals surface area contributed by atoms with E-state index in [9.17, 15) is 8.42 Å². The second-order valence-corrected chi connectivity index (χ2v) is 7.86. The van der Waals surface area contributed by atoms with Gasteiger partial charge < -0.3 is 5.73 Å². The van der Waals surface area contributed by atoms with Gasteiger partial charge in [0.25, 0.3) is 10.0 Å². The maximum atomic E-state index is 12.8. The molecule has 6 heteroatoms. The number of para-hydroxylation sites is 1. The highest BCUT2D eigenvalue weighted by Gasteiger charge is 2.28. The van der Waals surface area contributed by atoms with Crippen LogP contribution in [0.1, 0.15) is 18.4 Å². The second kappa shape index (κ2) is 5.10. The molecule has 3 rings (SSSR count). The van der Waals surface area contributed by atoms with Gasteiger partial charge in [-0.1, -0.05) is 18.2 Å². The molecule has 106 valence electrons. The molecule has 0 spiro atoms. The molecule has 1 aliphatic heterocycles. The van der Waals surface area contributed by atoms with E-state index >= 15 is 0 Å². The van der Waals surface area contributed by atoms with Crippen molar-refractivity contribution < 1.29 is 8.42 Å². The first-order chi connectivity index (χ1) is 9.59. The summed E-state index contributed by atoms with van der Waals surface area (Å²) >= 11 is 1.18. The van der Waals surface area contributed by atoms with E-state index in [0.29, 0.717) is 16.4 Å². The molecule has 2 heterocycles. The summed E-state index contributed by atoms with van der Waals surface area (Å²) in [6.07, 6.45) is 2.80. The highest BCUT2D eigenvalue weighted by Crippen LogP contribution is 2.33. The van der Waals surface area contributed by atoms with Gasteiger partial charge in [-0.05, 0) is 37.0 Å². The largest absolute Gasteiger partial charge is 0.398 e. The van der Waals surface area contributed by atoms with Crippen LogP contribution in [0.25, 0.3) is 0 Å². The van der Waals surface area contributed by atoms with Crippen molar-refractivity contribution in [2.75, 3.05) is 16.6 Å². The molecule has 2 aromatic rings. The monoisotopic (exact) mass is 308 g/mol. The lowest BCUT2D eigenvalue weighted by Gasteiger charge is -2.23. The fourth-order valence-electron chi connectivity index (χ4n) is 2.48. The van der Waals surface area contributed by atoms with Crippen LogP contribution in [0.5, 0.6) is 0 Å². The summed E-state index contributed by atoms with van der Waals surface area (Å²) in [5.74, 6) is 0. The van der Waals surface area contributed by atoms with Crippen LogP contribution in [0.15, 0.2) is 39.9 Å². The molecule has 0 atom stereocenters. The second-order valence-electron chi connectivity index (χ2n) is 4.86. The van der Waals surface area contributed by atoms with Crippen LogP contribution in [-0.4, -0.2) is 15.0 Å². The van der Waals surface area contributed by atoms with Crippen LogP contribution < -0.4 is 10.0 Å². The molecule has 0 unspecified atom stereocenters. The number of hydrogen-bond acceptors (Lipinski definition) is 4. The number of nitrogens with two attached hydrogens (primary N) is 1. The van der Waals surface area contributed by atoms with Gasteiger partial charge in [0.05, 0.1) is 5.69 Å². The molecular formula is C14H16N2O2S2. The lowest BCUT2D eigenvalue weighted by Crippen LogP contribution is -2.31. The van der Waals surface area contributed by atoms with Crippen LogP contribution in [0.2, 0.25) is 0 Å². The molecule has 2 N–H and O–H groups in total. The molecule has 1 aliphatic rings. The van der Waals surface area contributed by atoms with E-state index in [-0.39, 0.29) is 0 Å². The average molecular weight is 308 g/mol. The summed E-state index contributed by atoms with van der Waals surface area (Å²) in [6.45, 7) is 0.525. The Morgan fingerprint density at radius 2 is 2.00 bits per heavy atom. The van der Waals surface area contributed by atoms with Crippen molar-refractivity contribution in [3.05, 3.63) is 41.3 Å². The molecule has 0 saturated heterocycles. The van der Waals surface area contributed by atoms with Crippen molar-refractivity contribution in [2.24, 2.45) is 0 Å². The van der Waals surface area contributed by atoms with Crippen molar-refractivity contribution in [3.8, 4) is 0 Å². The first kappa shape index (κ1) is 13.5. The summed E-state index contributed by atoms with van der Waals surface area (Å²) in [5, 5.41) is 1.66. The van der Waals surface area contributed by atoms with Crippen molar-refractivity contribution in [1.82, 2.24) is 0 Å². The van der Waals surface area contributed by atoms with Gasteiger partial charge in [0.2, 0.25) is 0 Å². The van der Waals surface area contributed by atoms with Gasteiger partial charge in [0, 0.05) is 17.6 Å². The molecule has 0 saturated carbocycles. The van der Waals surface area contributed by atoms with E-state index < -0.39 is 10.0 Å². The maximum Gasteiger partial charge on any atom is 0.273 e. The Balaban J connectivity index is 2.09. The Hall–Kier alpha value is -1.53. The zero-order valence-corrected chi connectivity index (χ0v) is 12.6. The Bertz CT molecular complexity index is 722. The number of fused-ring (bicyclic) bond motifs is 1. The molecule has 1 aromatic carbocycles. The van der Waals surface area contributed by atoms with E-state index in [1.54, 1.807) is 5.38 Å². The molecule has 4 nitrogen and oxygen atoms in total. The summed E-state index contributed by atoms with van der Waals surface area (Å²) in [4.78, 5) is 0. The average Bonchev–Trinajstić information content (AvgIpc) is 2.75. The molecule has 0 amide bonds. The third-order valence-corrected chi connectivity index (χ3v) is 6.70. The van der Waals surface area contributed by atoms with Gasteiger partial charge in [-0.25, -0.2) is 8.42 Å². The number of rotatable bonds is 2. The van der Waals surface area contributed by atoms with E-state index in [1.807, 2.05) is 24.3 Å². The SMILES string of the molecule is Nc1csc(S(=O)(=O)N2CCCCc3ccccc32)c1. The number of benzene rings is 1. The quantitative estimate of drug-likeness (QED) is 0.928. The van der Waals surface area contributed by atoms with E-state index in [0.717, 1.165) is 30.5 Å². The third kappa shape index (κ3) is 2.29. The third-order valence-electron chi connectivity index (χ3n) is 3.46. The maximum absolute atomic E-state index is 12.8. The van der Waals surface area contributed by atoms with Gasteiger partial charge >= 0.3 is 0 Å². The minimum Gasteiger partial charge on any atom is -0.398 e. The van der Waals surface area contributed by atoms with Crippen LogP contribution in [0, 0.1) is 0 Å². The summed E-state index contributed by atoms with van der Waals surface area (Å²) in [6, 6.07) is 9.27. The summed E-state index contributed by atoms with van der Waals surface area (Å²) in [7, 11) is -3.51. The smallest absolute Gasteiger partial charge is 0.273 e. The van der Waals surface area contributed by atoms with Crippen LogP contribution in [-0.2, 0) is 16.4 Å². The number of aryl methyl sites for hydroxylation is 1. The Kier molecular flexibility index (Phi) is 3.43. The molecule has 20 heavy (non-hydrogen) atoms. The van der Waals surface area contributed by atoms with E-state index in [4.69, 9.17) is 5.73 Å². The molecule has 1 aromatic heterocycles. The number of nitrogens with zero attached hydrogens (tertiary/aromatic N) is 1. The van der Waals surface area contributed by atoms with Crippen molar-refractivity contribution >= 4 is 32.7 Å². The predicted octanol–water partition coefficient (Wildman–Crippen LogP) is 2.86. The first-order valence-corrected chi connectivity index (χ1v) is 8.86. The van der Waals surface area contributed by atoms with Crippen LogP contribution in [0.4, 0.5) is 11.4 Å². The molecule has 0 bridgehead atoms. The lowest BCUT2D eigenvalue weighted by molar-refractivity contribution is 0.591. The van der Waals surface area contributed by atoms with E-state index in [1.165, 1.54) is 21.7 Å². The van der Waals surface area contributed by atoms with Crippen LogP contribution >= 0.6 is 11.3 Å². The van der Waals surface area contributed by atoms with Gasteiger partial charge in [-0.15, -0.1) is 11.3 Å². The number of nitrogen functional groups attached to an aromatic ring is 1. The number of anilines is 2. The standard InChI is InChI=1S/C14H16N2O2S2/c15-12-9-14(19-10-12)20(17,18)16-8-4-3-6-11-5-1-2-7-13(11)16/h1-2,5,7,9-10H,3-4,6,8,15H2. The van der Waals surface area contributed by atoms with Crippen LogP contribution in [0.3, 0.4) is 0 Å². The minimum absolute atomic E-state index is 0.312. The van der Waals surface area contributed by atoms with Crippen molar-refractivity contribution in [1.29, 1.82) is 0 Å². The zero-order valence-electron chi connectivity index (χ0n) is 11.0. The number of sulfonamides is 1. The molecule has 0 fully saturated rings. The fourth-order valence-corrected chi connectivity index (χ4v) is 5.21. The summed E-state index contributed by atoms with van der Waals surface area (Å²) < 4.78 is 27.4. The number of thiophene rings is 1. The zero-order chi connectivity index (χ0) is 14.2. The molecular weight excluding hydrogens is 292 g/mol. The first-order valence-electron chi connectivity index (χ1n) is 6.54. The van der Waals surface area contributed by atoms with E-state index in [2.05, 4.69) is 0 Å². The van der Waals surface area contributed by atoms with Gasteiger partial charge in [0.1, 0.15) is 4.21 Å². The Morgan fingerprint density at radius 1 is 1.20 bits per heavy atom. The lowest BCUT2D eigenvalue weighted by atomic mass is 10.1. The minimum atomic E-state index is -3.51. The van der Waals surface area contributed by atoms with Crippen molar-refractivity contribution in [2.45, 2.75) is 23.5 Å². The number of hydrogen-bond donors (Lipinski definition) is 1. The normalized spacial score (nSPS) is 15.7. The van der Waals surface area contributed by atoms with Gasteiger partial charge in [-0.3, -0.25) is 4.31 Å². The summed E-state index contributed by atoms with van der Waals surface area (Å²) in [5.41, 5.74) is 8.05. The highest BCUT2D eigenvalue weighted by atomic mass is 32.2. The highest BCUT2D eigenvalue weighted by molar-refractivity contribution is 7.94. The fraction of sp³-hybridized carbons (Fsp3) is 0.286. The predicted molar refractivity (Wildman–Crippen MR) is 82.6 cm³/mol. The van der Waals surface area contributed by atoms with Gasteiger partial charge in [0.15, 0.2) is 0 Å². The Morgan fingerprint density at radius 3 is 2.75 bits per heavy atom. The topological polar surface area (TPSA) is 63.4 Å². The van der Waals surface area contributed by atoms with Gasteiger partial charge in [-0.2, -0.15) is 0 Å². The molecule has 0 aliphatic carbocycles. The Labute approximate surface area is 122 Å². The molecule has 0 radical (unpaired) electrons. The van der Waals surface area contributed by atoms with Crippen molar-refractivity contribution in [3.63, 3.8) is 0 Å².